The maximum Gasteiger partial charge on any atom is 0.251 e. The first kappa shape index (κ1) is 18.7. The SMILES string of the molecule is CC(C)NC(=O)c1cccc(-c2cc(-c3ccc(OCCO)cc3)[nH]n2)c1. The number of carbonyl (C=O) groups is 1. The summed E-state index contributed by atoms with van der Waals surface area (Å²) < 4.78 is 5.37. The van der Waals surface area contributed by atoms with Crippen LogP contribution in [0.3, 0.4) is 0 Å². The van der Waals surface area contributed by atoms with Crippen LogP contribution in [0.4, 0.5) is 0 Å². The van der Waals surface area contributed by atoms with E-state index in [0.29, 0.717) is 11.3 Å². The van der Waals surface area contributed by atoms with Crippen molar-refractivity contribution in [3.63, 3.8) is 0 Å². The lowest BCUT2D eigenvalue weighted by Gasteiger charge is -2.08. The van der Waals surface area contributed by atoms with E-state index < -0.39 is 0 Å². The molecule has 0 saturated heterocycles. The average molecular weight is 365 g/mol. The summed E-state index contributed by atoms with van der Waals surface area (Å²) in [4.78, 5) is 12.2. The Bertz CT molecular complexity index is 901. The number of H-pyrrole nitrogens is 1. The van der Waals surface area contributed by atoms with Crippen molar-refractivity contribution >= 4 is 5.91 Å². The first-order chi connectivity index (χ1) is 13.1. The molecule has 140 valence electrons. The summed E-state index contributed by atoms with van der Waals surface area (Å²) in [6.45, 7) is 4.12. The third-order valence-corrected chi connectivity index (χ3v) is 3.94. The maximum atomic E-state index is 12.2. The summed E-state index contributed by atoms with van der Waals surface area (Å²) in [6.07, 6.45) is 0. The molecule has 0 atom stereocenters. The van der Waals surface area contributed by atoms with Gasteiger partial charge in [-0.3, -0.25) is 9.89 Å². The van der Waals surface area contributed by atoms with Crippen LogP contribution in [0.1, 0.15) is 24.2 Å². The van der Waals surface area contributed by atoms with Gasteiger partial charge >= 0.3 is 0 Å². The van der Waals surface area contributed by atoms with Gasteiger partial charge in [0.1, 0.15) is 12.4 Å². The topological polar surface area (TPSA) is 87.2 Å². The van der Waals surface area contributed by atoms with Crippen molar-refractivity contribution in [1.82, 2.24) is 15.5 Å². The van der Waals surface area contributed by atoms with Gasteiger partial charge in [-0.15, -0.1) is 0 Å². The molecule has 3 N–H and O–H groups in total. The second-order valence-electron chi connectivity index (χ2n) is 6.47. The number of nitrogens with one attached hydrogen (secondary N) is 2. The van der Waals surface area contributed by atoms with E-state index in [1.807, 2.05) is 62.4 Å². The van der Waals surface area contributed by atoms with E-state index in [0.717, 1.165) is 22.5 Å². The van der Waals surface area contributed by atoms with Crippen molar-refractivity contribution in [3.8, 4) is 28.3 Å². The minimum absolute atomic E-state index is 0.0140. The molecule has 0 unspecified atom stereocenters. The number of aliphatic hydroxyl groups excluding tert-OH is 1. The van der Waals surface area contributed by atoms with Crippen LogP contribution in [-0.4, -0.2) is 40.5 Å². The smallest absolute Gasteiger partial charge is 0.251 e. The van der Waals surface area contributed by atoms with Crippen LogP contribution < -0.4 is 10.1 Å². The number of hydrogen-bond donors (Lipinski definition) is 3. The maximum absolute atomic E-state index is 12.2. The van der Waals surface area contributed by atoms with Crippen LogP contribution in [-0.2, 0) is 0 Å². The second-order valence-corrected chi connectivity index (χ2v) is 6.47. The summed E-state index contributed by atoms with van der Waals surface area (Å²) in [5.41, 5.74) is 4.09. The van der Waals surface area contributed by atoms with Crippen molar-refractivity contribution in [2.45, 2.75) is 19.9 Å². The second kappa shape index (κ2) is 8.51. The Hall–Kier alpha value is -3.12. The van der Waals surface area contributed by atoms with Crippen molar-refractivity contribution in [2.24, 2.45) is 0 Å². The summed E-state index contributed by atoms with van der Waals surface area (Å²) >= 11 is 0. The van der Waals surface area contributed by atoms with E-state index in [9.17, 15) is 4.79 Å². The molecule has 0 saturated carbocycles. The Morgan fingerprint density at radius 2 is 1.93 bits per heavy atom. The summed E-state index contributed by atoms with van der Waals surface area (Å²) in [5.74, 6) is 0.609. The third-order valence-electron chi connectivity index (χ3n) is 3.94. The Morgan fingerprint density at radius 1 is 1.15 bits per heavy atom. The first-order valence-corrected chi connectivity index (χ1v) is 8.87. The van der Waals surface area contributed by atoms with Crippen molar-refractivity contribution in [2.75, 3.05) is 13.2 Å². The third kappa shape index (κ3) is 4.74. The van der Waals surface area contributed by atoms with Crippen LogP contribution in [0.5, 0.6) is 5.75 Å². The van der Waals surface area contributed by atoms with Gasteiger partial charge in [0.2, 0.25) is 0 Å². The number of nitrogens with zero attached hydrogens (tertiary/aromatic N) is 1. The van der Waals surface area contributed by atoms with Gasteiger partial charge in [-0.1, -0.05) is 12.1 Å². The standard InChI is InChI=1S/C21H23N3O3/c1-14(2)22-21(26)17-5-3-4-16(12-17)20-13-19(23-24-20)15-6-8-18(9-7-15)27-11-10-25/h3-9,12-14,25H,10-11H2,1-2H3,(H,22,26)(H,23,24). The van der Waals surface area contributed by atoms with Crippen molar-refractivity contribution in [1.29, 1.82) is 0 Å². The Balaban J connectivity index is 1.78. The zero-order valence-corrected chi connectivity index (χ0v) is 15.4. The van der Waals surface area contributed by atoms with Crippen LogP contribution in [0.25, 0.3) is 22.5 Å². The molecule has 0 bridgehead atoms. The van der Waals surface area contributed by atoms with Gasteiger partial charge in [0.25, 0.3) is 5.91 Å². The number of rotatable bonds is 7. The van der Waals surface area contributed by atoms with Gasteiger partial charge in [0.05, 0.1) is 18.0 Å². The molecule has 0 spiro atoms. The number of aromatic nitrogens is 2. The number of amides is 1. The number of aliphatic hydroxyl groups is 1. The van der Waals surface area contributed by atoms with E-state index in [-0.39, 0.29) is 25.2 Å². The molecule has 1 amide bonds. The zero-order valence-electron chi connectivity index (χ0n) is 15.4. The van der Waals surface area contributed by atoms with E-state index in [2.05, 4.69) is 15.5 Å². The molecule has 1 heterocycles. The van der Waals surface area contributed by atoms with Gasteiger partial charge < -0.3 is 15.2 Å². The number of hydrogen-bond acceptors (Lipinski definition) is 4. The average Bonchev–Trinajstić information content (AvgIpc) is 3.16. The summed E-state index contributed by atoms with van der Waals surface area (Å²) in [7, 11) is 0. The number of benzene rings is 2. The molecule has 0 aliphatic rings. The highest BCUT2D eigenvalue weighted by molar-refractivity contribution is 5.95. The molecule has 0 aliphatic heterocycles. The van der Waals surface area contributed by atoms with Crippen LogP contribution in [0.2, 0.25) is 0 Å². The first-order valence-electron chi connectivity index (χ1n) is 8.87. The molecule has 6 nitrogen and oxygen atoms in total. The van der Waals surface area contributed by atoms with Crippen LogP contribution in [0, 0.1) is 0 Å². The fourth-order valence-corrected chi connectivity index (χ4v) is 2.68. The minimum atomic E-state index is -0.0962. The molecule has 0 fully saturated rings. The van der Waals surface area contributed by atoms with Crippen LogP contribution >= 0.6 is 0 Å². The quantitative estimate of drug-likeness (QED) is 0.600. The number of carbonyl (C=O) groups excluding carboxylic acids is 1. The fourth-order valence-electron chi connectivity index (χ4n) is 2.68. The molecule has 1 aromatic heterocycles. The largest absolute Gasteiger partial charge is 0.491 e. The van der Waals surface area contributed by atoms with Gasteiger partial charge in [0, 0.05) is 17.2 Å². The number of ether oxygens (including phenoxy) is 1. The molecule has 6 heteroatoms. The highest BCUT2D eigenvalue weighted by atomic mass is 16.5. The minimum Gasteiger partial charge on any atom is -0.491 e. The zero-order chi connectivity index (χ0) is 19.2. The molecule has 0 aliphatic carbocycles. The summed E-state index contributed by atoms with van der Waals surface area (Å²) in [5, 5.41) is 19.1. The lowest BCUT2D eigenvalue weighted by atomic mass is 10.1. The molecule has 27 heavy (non-hydrogen) atoms. The monoisotopic (exact) mass is 365 g/mol. The van der Waals surface area contributed by atoms with E-state index >= 15 is 0 Å². The normalized spacial score (nSPS) is 10.8. The summed E-state index contributed by atoms with van der Waals surface area (Å²) in [6, 6.07) is 17.0. The van der Waals surface area contributed by atoms with Crippen molar-refractivity contribution in [3.05, 3.63) is 60.2 Å². The molecular weight excluding hydrogens is 342 g/mol. The van der Waals surface area contributed by atoms with Gasteiger partial charge in [-0.2, -0.15) is 5.10 Å². The van der Waals surface area contributed by atoms with Gasteiger partial charge in [-0.05, 0) is 61.9 Å². The molecule has 3 aromatic rings. The van der Waals surface area contributed by atoms with E-state index in [4.69, 9.17) is 9.84 Å². The molecule has 0 radical (unpaired) electrons. The highest BCUT2D eigenvalue weighted by Gasteiger charge is 2.11. The Morgan fingerprint density at radius 3 is 2.63 bits per heavy atom. The fraction of sp³-hybridized carbons (Fsp3) is 0.238. The van der Waals surface area contributed by atoms with Gasteiger partial charge in [0.15, 0.2) is 0 Å². The predicted molar refractivity (Wildman–Crippen MR) is 105 cm³/mol. The van der Waals surface area contributed by atoms with Gasteiger partial charge in [-0.25, -0.2) is 0 Å². The lowest BCUT2D eigenvalue weighted by Crippen LogP contribution is -2.30. The Labute approximate surface area is 158 Å². The molecular formula is C21H23N3O3. The van der Waals surface area contributed by atoms with E-state index in [1.165, 1.54) is 0 Å². The highest BCUT2D eigenvalue weighted by Crippen LogP contribution is 2.26. The molecule has 2 aromatic carbocycles. The molecule has 3 rings (SSSR count). The number of aromatic amines is 1. The lowest BCUT2D eigenvalue weighted by molar-refractivity contribution is 0.0943. The predicted octanol–water partition coefficient (Wildman–Crippen LogP) is 3.25. The van der Waals surface area contributed by atoms with Crippen LogP contribution in [0.15, 0.2) is 54.6 Å². The van der Waals surface area contributed by atoms with Crippen molar-refractivity contribution < 1.29 is 14.6 Å². The Kier molecular flexibility index (Phi) is 5.88. The van der Waals surface area contributed by atoms with E-state index in [1.54, 1.807) is 6.07 Å².